The summed E-state index contributed by atoms with van der Waals surface area (Å²) in [5.74, 6) is 0.374. The van der Waals surface area contributed by atoms with Crippen LogP contribution in [0.15, 0.2) is 112 Å². The number of ether oxygens (including phenoxy) is 1. The minimum Gasteiger partial charge on any atom is -0.497 e. The number of amides is 1. The zero-order valence-corrected chi connectivity index (χ0v) is 19.4. The number of nitrogens with one attached hydrogen (secondary N) is 1. The number of carbonyl (C=O) groups is 2. The summed E-state index contributed by atoms with van der Waals surface area (Å²) in [5, 5.41) is 3.28. The Bertz CT molecular complexity index is 1640. The highest BCUT2D eigenvalue weighted by Crippen LogP contribution is 2.26. The molecule has 6 heteroatoms. The van der Waals surface area contributed by atoms with Crippen molar-refractivity contribution in [1.82, 2.24) is 0 Å². The summed E-state index contributed by atoms with van der Waals surface area (Å²) in [4.78, 5) is 38.6. The normalized spacial score (nSPS) is 10.7. The SMILES string of the molecule is COc1ccc2oc(-c3ccc(NC(=O)c4ccccc4C(=O)c4ccccc4)cc3)cc(=O)c2c1. The van der Waals surface area contributed by atoms with Crippen molar-refractivity contribution in [2.24, 2.45) is 0 Å². The maximum Gasteiger partial charge on any atom is 0.256 e. The minimum absolute atomic E-state index is 0.179. The zero-order valence-electron chi connectivity index (χ0n) is 19.4. The van der Waals surface area contributed by atoms with Crippen molar-refractivity contribution in [3.8, 4) is 17.1 Å². The van der Waals surface area contributed by atoms with Crippen molar-refractivity contribution in [3.05, 3.63) is 130 Å². The predicted molar refractivity (Wildman–Crippen MR) is 139 cm³/mol. The van der Waals surface area contributed by atoms with Gasteiger partial charge in [-0.2, -0.15) is 0 Å². The Morgan fingerprint density at radius 3 is 2.19 bits per heavy atom. The van der Waals surface area contributed by atoms with E-state index in [1.807, 2.05) is 6.07 Å². The fourth-order valence-electron chi connectivity index (χ4n) is 3.95. The van der Waals surface area contributed by atoms with Gasteiger partial charge in [0.15, 0.2) is 11.2 Å². The summed E-state index contributed by atoms with van der Waals surface area (Å²) in [6.45, 7) is 0. The number of benzene rings is 4. The molecule has 36 heavy (non-hydrogen) atoms. The molecule has 0 aliphatic rings. The van der Waals surface area contributed by atoms with Crippen molar-refractivity contribution in [2.75, 3.05) is 12.4 Å². The van der Waals surface area contributed by atoms with Crippen LogP contribution < -0.4 is 15.5 Å². The van der Waals surface area contributed by atoms with Gasteiger partial charge in [0.25, 0.3) is 5.91 Å². The Balaban J connectivity index is 1.38. The highest BCUT2D eigenvalue weighted by molar-refractivity contribution is 6.17. The molecule has 1 amide bonds. The topological polar surface area (TPSA) is 85.6 Å². The van der Waals surface area contributed by atoms with E-state index in [4.69, 9.17) is 9.15 Å². The Morgan fingerprint density at radius 1 is 0.778 bits per heavy atom. The maximum absolute atomic E-state index is 13.0. The van der Waals surface area contributed by atoms with Gasteiger partial charge in [-0.1, -0.05) is 48.5 Å². The highest BCUT2D eigenvalue weighted by atomic mass is 16.5. The highest BCUT2D eigenvalue weighted by Gasteiger charge is 2.18. The first-order chi connectivity index (χ1) is 17.5. The minimum atomic E-state index is -0.395. The number of anilines is 1. The Labute approximate surface area is 206 Å². The van der Waals surface area contributed by atoms with Gasteiger partial charge in [-0.3, -0.25) is 14.4 Å². The quantitative estimate of drug-likeness (QED) is 0.307. The maximum atomic E-state index is 13.0. The molecule has 0 aliphatic heterocycles. The third-order valence-electron chi connectivity index (χ3n) is 5.81. The van der Waals surface area contributed by atoms with E-state index in [9.17, 15) is 14.4 Å². The van der Waals surface area contributed by atoms with Gasteiger partial charge >= 0.3 is 0 Å². The number of carbonyl (C=O) groups excluding carboxylic acids is 2. The first-order valence-corrected chi connectivity index (χ1v) is 11.3. The number of ketones is 1. The number of methoxy groups -OCH3 is 1. The molecule has 1 aromatic heterocycles. The molecule has 0 saturated heterocycles. The number of rotatable bonds is 6. The molecule has 0 aliphatic carbocycles. The van der Waals surface area contributed by atoms with Crippen molar-refractivity contribution in [1.29, 1.82) is 0 Å². The van der Waals surface area contributed by atoms with Gasteiger partial charge in [0, 0.05) is 28.4 Å². The molecular formula is C30H21NO5. The first-order valence-electron chi connectivity index (χ1n) is 11.3. The smallest absolute Gasteiger partial charge is 0.256 e. The molecule has 0 radical (unpaired) electrons. The molecule has 5 aromatic rings. The Hall–Kier alpha value is -4.97. The van der Waals surface area contributed by atoms with Crippen molar-refractivity contribution < 1.29 is 18.7 Å². The average molecular weight is 476 g/mol. The molecule has 0 spiro atoms. The second-order valence-electron chi connectivity index (χ2n) is 8.11. The molecule has 0 fully saturated rings. The first kappa shape index (κ1) is 22.8. The summed E-state index contributed by atoms with van der Waals surface area (Å²) >= 11 is 0. The largest absolute Gasteiger partial charge is 0.497 e. The van der Waals surface area contributed by atoms with Crippen LogP contribution in [0, 0.1) is 0 Å². The van der Waals surface area contributed by atoms with Crippen LogP contribution in [-0.2, 0) is 0 Å². The molecule has 176 valence electrons. The lowest BCUT2D eigenvalue weighted by atomic mass is 9.98. The van der Waals surface area contributed by atoms with Gasteiger partial charge in [-0.05, 0) is 48.5 Å². The van der Waals surface area contributed by atoms with Crippen molar-refractivity contribution >= 4 is 28.3 Å². The molecule has 5 rings (SSSR count). The molecule has 6 nitrogen and oxygen atoms in total. The fourth-order valence-corrected chi connectivity index (χ4v) is 3.95. The summed E-state index contributed by atoms with van der Waals surface area (Å²) in [6, 6.07) is 29.0. The van der Waals surface area contributed by atoms with Crippen LogP contribution in [0.4, 0.5) is 5.69 Å². The van der Waals surface area contributed by atoms with Gasteiger partial charge in [0.05, 0.1) is 18.1 Å². The Morgan fingerprint density at radius 2 is 1.47 bits per heavy atom. The molecular weight excluding hydrogens is 454 g/mol. The second-order valence-corrected chi connectivity index (χ2v) is 8.11. The standard InChI is InChI=1S/C30H21NO5/c1-35-22-15-16-27-25(17-22)26(32)18-28(36-27)19-11-13-21(14-12-19)31-30(34)24-10-6-5-9-23(24)29(33)20-7-3-2-4-8-20/h2-18H,1H3,(H,31,34). The summed E-state index contributed by atoms with van der Waals surface area (Å²) < 4.78 is 11.1. The number of fused-ring (bicyclic) bond motifs is 1. The molecule has 0 bridgehead atoms. The molecule has 1 heterocycles. The van der Waals surface area contributed by atoms with E-state index in [0.717, 1.165) is 0 Å². The van der Waals surface area contributed by atoms with Crippen LogP contribution in [0.2, 0.25) is 0 Å². The third-order valence-corrected chi connectivity index (χ3v) is 5.81. The number of hydrogen-bond acceptors (Lipinski definition) is 5. The van der Waals surface area contributed by atoms with Gasteiger partial charge in [-0.25, -0.2) is 0 Å². The average Bonchev–Trinajstić information content (AvgIpc) is 2.93. The van der Waals surface area contributed by atoms with Crippen LogP contribution in [0.1, 0.15) is 26.3 Å². The van der Waals surface area contributed by atoms with E-state index < -0.39 is 5.91 Å². The molecule has 4 aromatic carbocycles. The predicted octanol–water partition coefficient (Wildman–Crippen LogP) is 5.95. The Kier molecular flexibility index (Phi) is 6.16. The van der Waals surface area contributed by atoms with E-state index in [-0.39, 0.29) is 16.8 Å². The van der Waals surface area contributed by atoms with Crippen LogP contribution in [0.5, 0.6) is 5.75 Å². The monoisotopic (exact) mass is 475 g/mol. The van der Waals surface area contributed by atoms with Gasteiger partial charge < -0.3 is 14.5 Å². The molecule has 0 atom stereocenters. The molecule has 1 N–H and O–H groups in total. The lowest BCUT2D eigenvalue weighted by molar-refractivity contribution is 0.0996. The summed E-state index contributed by atoms with van der Waals surface area (Å²) in [6.07, 6.45) is 0. The van der Waals surface area contributed by atoms with E-state index in [1.165, 1.54) is 13.2 Å². The van der Waals surface area contributed by atoms with Crippen molar-refractivity contribution in [3.63, 3.8) is 0 Å². The lowest BCUT2D eigenvalue weighted by Crippen LogP contribution is -2.16. The number of hydrogen-bond donors (Lipinski definition) is 1. The van der Waals surface area contributed by atoms with E-state index in [1.54, 1.807) is 91.0 Å². The van der Waals surface area contributed by atoms with Crippen LogP contribution in [0.3, 0.4) is 0 Å². The van der Waals surface area contributed by atoms with Crippen LogP contribution in [0.25, 0.3) is 22.3 Å². The van der Waals surface area contributed by atoms with Gasteiger partial charge in [-0.15, -0.1) is 0 Å². The second kappa shape index (κ2) is 9.72. The lowest BCUT2D eigenvalue weighted by Gasteiger charge is -2.10. The van der Waals surface area contributed by atoms with Crippen LogP contribution in [-0.4, -0.2) is 18.8 Å². The summed E-state index contributed by atoms with van der Waals surface area (Å²) in [5.41, 5.74) is 2.62. The van der Waals surface area contributed by atoms with E-state index in [2.05, 4.69) is 5.32 Å². The van der Waals surface area contributed by atoms with Crippen molar-refractivity contribution in [2.45, 2.75) is 0 Å². The van der Waals surface area contributed by atoms with Gasteiger partial charge in [0.1, 0.15) is 17.1 Å². The van der Waals surface area contributed by atoms with E-state index >= 15 is 0 Å². The zero-order chi connectivity index (χ0) is 25.1. The third kappa shape index (κ3) is 4.52. The molecule has 0 saturated carbocycles. The summed E-state index contributed by atoms with van der Waals surface area (Å²) in [7, 11) is 1.54. The van der Waals surface area contributed by atoms with E-state index in [0.29, 0.717) is 44.9 Å². The molecule has 0 unspecified atom stereocenters. The fraction of sp³-hybridized carbons (Fsp3) is 0.0333. The van der Waals surface area contributed by atoms with Gasteiger partial charge in [0.2, 0.25) is 0 Å². The van der Waals surface area contributed by atoms with Crippen LogP contribution >= 0.6 is 0 Å².